The Bertz CT molecular complexity index is 810. The highest BCUT2D eigenvalue weighted by atomic mass is 35.5. The van der Waals surface area contributed by atoms with E-state index >= 15 is 0 Å². The summed E-state index contributed by atoms with van der Waals surface area (Å²) in [7, 11) is 0. The molecule has 0 aliphatic carbocycles. The molecule has 0 saturated heterocycles. The first-order valence-electron chi connectivity index (χ1n) is 7.13. The highest BCUT2D eigenvalue weighted by molar-refractivity contribution is 6.32. The number of benzene rings is 1. The Kier molecular flexibility index (Phi) is 4.49. The lowest BCUT2D eigenvalue weighted by atomic mass is 10.0. The fourth-order valence-corrected chi connectivity index (χ4v) is 2.53. The van der Waals surface area contributed by atoms with Gasteiger partial charge >= 0.3 is 6.09 Å². The van der Waals surface area contributed by atoms with E-state index < -0.39 is 11.7 Å². The van der Waals surface area contributed by atoms with Gasteiger partial charge in [0, 0.05) is 5.56 Å². The maximum absolute atomic E-state index is 12.3. The van der Waals surface area contributed by atoms with E-state index in [4.69, 9.17) is 21.6 Å². The Morgan fingerprint density at radius 3 is 2.52 bits per heavy atom. The van der Waals surface area contributed by atoms with Crippen LogP contribution in [-0.2, 0) is 4.74 Å². The minimum atomic E-state index is -0.596. The van der Waals surface area contributed by atoms with Crippen molar-refractivity contribution >= 4 is 17.7 Å². The van der Waals surface area contributed by atoms with E-state index in [-0.39, 0.29) is 0 Å². The second kappa shape index (κ2) is 6.05. The molecule has 0 saturated carbocycles. The molecule has 1 aromatic carbocycles. The molecule has 0 unspecified atom stereocenters. The predicted molar refractivity (Wildman–Crippen MR) is 88.5 cm³/mol. The number of aromatic nitrogens is 2. The van der Waals surface area contributed by atoms with Crippen LogP contribution < -0.4 is 0 Å². The summed E-state index contributed by atoms with van der Waals surface area (Å²) in [6, 6.07) is 7.18. The highest BCUT2D eigenvalue weighted by Crippen LogP contribution is 2.30. The average molecular weight is 332 g/mol. The average Bonchev–Trinajstić information content (AvgIpc) is 2.72. The molecule has 5 nitrogen and oxygen atoms in total. The summed E-state index contributed by atoms with van der Waals surface area (Å²) < 4.78 is 6.61. The van der Waals surface area contributed by atoms with Crippen LogP contribution in [0.4, 0.5) is 4.79 Å². The number of carbonyl (C=O) groups is 1. The van der Waals surface area contributed by atoms with Gasteiger partial charge in [0.15, 0.2) is 0 Å². The standard InChI is InChI=1S/C17H18ClN3O2/c1-10-15(12-6-7-13(9-19)14(18)8-12)11(2)21(20-10)16(22)23-17(3,4)5/h6-8H,1-5H3. The molecule has 2 aromatic rings. The molecule has 0 atom stereocenters. The zero-order valence-electron chi connectivity index (χ0n) is 13.8. The Morgan fingerprint density at radius 2 is 2.00 bits per heavy atom. The lowest BCUT2D eigenvalue weighted by molar-refractivity contribution is 0.0510. The third kappa shape index (κ3) is 3.54. The van der Waals surface area contributed by atoms with Gasteiger partial charge in [-0.1, -0.05) is 17.7 Å². The minimum absolute atomic E-state index is 0.369. The van der Waals surface area contributed by atoms with Gasteiger partial charge in [-0.25, -0.2) is 4.79 Å². The van der Waals surface area contributed by atoms with E-state index in [2.05, 4.69) is 5.10 Å². The van der Waals surface area contributed by atoms with Crippen molar-refractivity contribution in [3.8, 4) is 17.2 Å². The molecule has 6 heteroatoms. The monoisotopic (exact) mass is 331 g/mol. The van der Waals surface area contributed by atoms with Crippen LogP contribution in [0.5, 0.6) is 0 Å². The Labute approximate surface area is 140 Å². The molecule has 0 bridgehead atoms. The Balaban J connectivity index is 2.48. The topological polar surface area (TPSA) is 67.9 Å². The van der Waals surface area contributed by atoms with Crippen LogP contribution in [0.3, 0.4) is 0 Å². The lowest BCUT2D eigenvalue weighted by Gasteiger charge is -2.19. The number of halogens is 1. The fourth-order valence-electron chi connectivity index (χ4n) is 2.30. The van der Waals surface area contributed by atoms with Crippen LogP contribution in [0.2, 0.25) is 5.02 Å². The van der Waals surface area contributed by atoms with Gasteiger partial charge in [-0.15, -0.1) is 0 Å². The van der Waals surface area contributed by atoms with Crippen molar-refractivity contribution in [2.45, 2.75) is 40.2 Å². The maximum Gasteiger partial charge on any atom is 0.435 e. The van der Waals surface area contributed by atoms with Crippen molar-refractivity contribution in [3.05, 3.63) is 40.2 Å². The van der Waals surface area contributed by atoms with Crippen molar-refractivity contribution in [1.82, 2.24) is 9.78 Å². The van der Waals surface area contributed by atoms with Gasteiger partial charge in [-0.05, 0) is 52.3 Å². The first-order chi connectivity index (χ1) is 10.6. The van der Waals surface area contributed by atoms with Crippen molar-refractivity contribution in [2.75, 3.05) is 0 Å². The quantitative estimate of drug-likeness (QED) is 0.772. The normalized spacial score (nSPS) is 11.2. The number of nitrogens with zero attached hydrogens (tertiary/aromatic N) is 3. The summed E-state index contributed by atoms with van der Waals surface area (Å²) >= 11 is 6.10. The van der Waals surface area contributed by atoms with Crippen LogP contribution in [0.25, 0.3) is 11.1 Å². The zero-order valence-corrected chi connectivity index (χ0v) is 14.5. The molecule has 0 fully saturated rings. The van der Waals surface area contributed by atoms with E-state index in [1.165, 1.54) is 4.68 Å². The predicted octanol–water partition coefficient (Wildman–Crippen LogP) is 4.48. The summed E-state index contributed by atoms with van der Waals surface area (Å²) in [5.74, 6) is 0. The van der Waals surface area contributed by atoms with Crippen LogP contribution in [0, 0.1) is 25.2 Å². The lowest BCUT2D eigenvalue weighted by Crippen LogP contribution is -2.28. The summed E-state index contributed by atoms with van der Waals surface area (Å²) in [5.41, 5.74) is 2.78. The van der Waals surface area contributed by atoms with Crippen molar-refractivity contribution in [2.24, 2.45) is 0 Å². The van der Waals surface area contributed by atoms with Gasteiger partial charge < -0.3 is 4.74 Å². The summed E-state index contributed by atoms with van der Waals surface area (Å²) in [6.45, 7) is 9.02. The van der Waals surface area contributed by atoms with Gasteiger partial charge in [0.1, 0.15) is 11.7 Å². The molecule has 0 N–H and O–H groups in total. The molecule has 0 aliphatic heterocycles. The Morgan fingerprint density at radius 1 is 1.35 bits per heavy atom. The molecule has 2 rings (SSSR count). The summed E-state index contributed by atoms with van der Waals surface area (Å²) in [4.78, 5) is 12.3. The molecule has 0 radical (unpaired) electrons. The van der Waals surface area contributed by atoms with Crippen LogP contribution in [0.1, 0.15) is 37.7 Å². The van der Waals surface area contributed by atoms with Gasteiger partial charge in [-0.2, -0.15) is 15.0 Å². The fraction of sp³-hybridized carbons (Fsp3) is 0.353. The summed E-state index contributed by atoms with van der Waals surface area (Å²) in [5, 5.41) is 13.6. The number of ether oxygens (including phenoxy) is 1. The van der Waals surface area contributed by atoms with E-state index in [1.807, 2.05) is 13.0 Å². The number of carbonyl (C=O) groups excluding carboxylic acids is 1. The SMILES string of the molecule is Cc1nn(C(=O)OC(C)(C)C)c(C)c1-c1ccc(C#N)c(Cl)c1. The smallest absolute Gasteiger partial charge is 0.435 e. The molecule has 0 amide bonds. The van der Waals surface area contributed by atoms with E-state index in [0.717, 1.165) is 11.1 Å². The molecule has 0 aliphatic rings. The molecule has 1 aromatic heterocycles. The van der Waals surface area contributed by atoms with E-state index in [1.54, 1.807) is 45.9 Å². The van der Waals surface area contributed by atoms with Gasteiger partial charge in [-0.3, -0.25) is 0 Å². The molecule has 0 spiro atoms. The van der Waals surface area contributed by atoms with Gasteiger partial charge in [0.05, 0.1) is 22.0 Å². The van der Waals surface area contributed by atoms with Crippen molar-refractivity contribution < 1.29 is 9.53 Å². The number of hydrogen-bond acceptors (Lipinski definition) is 4. The minimum Gasteiger partial charge on any atom is -0.442 e. The second-order valence-electron chi connectivity index (χ2n) is 6.24. The van der Waals surface area contributed by atoms with Crippen LogP contribution in [0.15, 0.2) is 18.2 Å². The van der Waals surface area contributed by atoms with Gasteiger partial charge in [0.2, 0.25) is 0 Å². The molecular formula is C17H18ClN3O2. The zero-order chi connectivity index (χ0) is 17.4. The third-order valence-corrected chi connectivity index (χ3v) is 3.55. The van der Waals surface area contributed by atoms with E-state index in [9.17, 15) is 4.79 Å². The maximum atomic E-state index is 12.3. The van der Waals surface area contributed by atoms with Crippen LogP contribution in [-0.4, -0.2) is 21.5 Å². The molecular weight excluding hydrogens is 314 g/mol. The third-order valence-electron chi connectivity index (χ3n) is 3.24. The van der Waals surface area contributed by atoms with E-state index in [0.29, 0.717) is 22.0 Å². The number of aryl methyl sites for hydroxylation is 1. The van der Waals surface area contributed by atoms with Gasteiger partial charge in [0.25, 0.3) is 0 Å². The van der Waals surface area contributed by atoms with Crippen molar-refractivity contribution in [3.63, 3.8) is 0 Å². The van der Waals surface area contributed by atoms with Crippen LogP contribution >= 0.6 is 11.6 Å². The number of rotatable bonds is 1. The molecule has 1 heterocycles. The largest absolute Gasteiger partial charge is 0.442 e. The number of hydrogen-bond donors (Lipinski definition) is 0. The summed E-state index contributed by atoms with van der Waals surface area (Å²) in [6.07, 6.45) is -0.524. The number of nitriles is 1. The highest BCUT2D eigenvalue weighted by Gasteiger charge is 2.23. The molecule has 23 heavy (non-hydrogen) atoms. The first kappa shape index (κ1) is 17.0. The Hall–Kier alpha value is -2.32. The van der Waals surface area contributed by atoms with Crippen molar-refractivity contribution in [1.29, 1.82) is 5.26 Å². The first-order valence-corrected chi connectivity index (χ1v) is 7.51. The molecule has 120 valence electrons. The second-order valence-corrected chi connectivity index (χ2v) is 6.65.